The van der Waals surface area contributed by atoms with Crippen molar-refractivity contribution in [2.75, 3.05) is 0 Å². The molecule has 0 radical (unpaired) electrons. The van der Waals surface area contributed by atoms with E-state index in [1.165, 1.54) is 0 Å². The number of phenolic OH excluding ortho intramolecular Hbond substituents is 1. The van der Waals surface area contributed by atoms with E-state index in [-0.39, 0.29) is 41.9 Å². The maximum Gasteiger partial charge on any atom is 1.00 e. The van der Waals surface area contributed by atoms with Crippen molar-refractivity contribution < 1.29 is 49.7 Å². The monoisotopic (exact) mass is 422 g/mol. The molecule has 1 fully saturated rings. The van der Waals surface area contributed by atoms with Crippen LogP contribution in [0.5, 0.6) is 5.75 Å². The molecule has 0 aliphatic heterocycles. The molecule has 0 aromatic heterocycles. The van der Waals surface area contributed by atoms with Gasteiger partial charge in [-0.05, 0) is 68.4 Å². The molecule has 1 saturated carbocycles. The Morgan fingerprint density at radius 2 is 2.07 bits per heavy atom. The number of carbonyl (C=O) groups excluding carboxylic acids is 1. The molecular weight excluding hydrogens is 387 g/mol. The molecule has 1 aliphatic carbocycles. The van der Waals surface area contributed by atoms with Gasteiger partial charge in [-0.25, -0.2) is 0 Å². The molecule has 0 saturated heterocycles. The molecule has 1 aromatic carbocycles. The number of rotatable bonds is 9. The number of hydrogen-bond donors (Lipinski definition) is 2. The largest absolute Gasteiger partial charge is 1.00 e. The van der Waals surface area contributed by atoms with Crippen molar-refractivity contribution in [1.82, 2.24) is 0 Å². The van der Waals surface area contributed by atoms with E-state index in [0.717, 1.165) is 30.4 Å². The number of allylic oxidation sites excluding steroid dienone is 1. The van der Waals surface area contributed by atoms with Crippen molar-refractivity contribution in [3.05, 3.63) is 41.5 Å². The first-order valence-corrected chi connectivity index (χ1v) is 10.8. The van der Waals surface area contributed by atoms with Crippen molar-refractivity contribution in [2.45, 2.75) is 84.2 Å². The van der Waals surface area contributed by atoms with Crippen LogP contribution >= 0.6 is 0 Å². The second kappa shape index (κ2) is 16.4. The summed E-state index contributed by atoms with van der Waals surface area (Å²) in [5.41, 5.74) is 1.72. The van der Waals surface area contributed by atoms with Gasteiger partial charge in [0.05, 0.1) is 6.10 Å². The van der Waals surface area contributed by atoms with Crippen LogP contribution in [0.3, 0.4) is 0 Å². The van der Waals surface area contributed by atoms with Crippen LogP contribution in [-0.4, -0.2) is 22.3 Å². The second-order valence-corrected chi connectivity index (χ2v) is 7.20. The Morgan fingerprint density at radius 1 is 1.33 bits per heavy atom. The molecule has 0 amide bonds. The Labute approximate surface area is 204 Å². The SMILES string of the molecule is CC.CC#CCCC(O)/C=C/[C@H]1CCC[C@@H]1c1cccc(CCCC(=O)[O-])c1O.[Na+]. The Hall–Kier alpha value is -1.25. The molecule has 1 aromatic rings. The summed E-state index contributed by atoms with van der Waals surface area (Å²) in [5.74, 6) is 5.54. The number of phenols is 1. The van der Waals surface area contributed by atoms with E-state index in [4.69, 9.17) is 0 Å². The number of aromatic hydroxyl groups is 1. The molecule has 1 unspecified atom stereocenters. The van der Waals surface area contributed by atoms with Crippen molar-refractivity contribution in [2.24, 2.45) is 5.92 Å². The zero-order valence-electron chi connectivity index (χ0n) is 19.0. The van der Waals surface area contributed by atoms with Crippen LogP contribution in [-0.2, 0) is 11.2 Å². The maximum absolute atomic E-state index is 10.7. The van der Waals surface area contributed by atoms with Crippen LogP contribution in [0.2, 0.25) is 0 Å². The van der Waals surface area contributed by atoms with E-state index in [0.29, 0.717) is 37.4 Å². The summed E-state index contributed by atoms with van der Waals surface area (Å²) in [5, 5.41) is 31.4. The number of carboxylic acid groups (broad SMARTS) is 1. The number of para-hydroxylation sites is 1. The van der Waals surface area contributed by atoms with Gasteiger partial charge in [-0.15, -0.1) is 11.8 Å². The summed E-state index contributed by atoms with van der Waals surface area (Å²) < 4.78 is 0. The van der Waals surface area contributed by atoms with Crippen LogP contribution in [0.4, 0.5) is 0 Å². The quantitative estimate of drug-likeness (QED) is 0.355. The molecule has 3 atom stereocenters. The zero-order chi connectivity index (χ0) is 21.6. The Kier molecular flexibility index (Phi) is 15.8. The van der Waals surface area contributed by atoms with Crippen LogP contribution in [0.15, 0.2) is 30.4 Å². The smallest absolute Gasteiger partial charge is 0.550 e. The molecule has 2 N–H and O–H groups in total. The van der Waals surface area contributed by atoms with Gasteiger partial charge in [-0.2, -0.15) is 0 Å². The van der Waals surface area contributed by atoms with Crippen LogP contribution in [0.25, 0.3) is 0 Å². The minimum absolute atomic E-state index is 0. The summed E-state index contributed by atoms with van der Waals surface area (Å²) in [4.78, 5) is 10.6. The van der Waals surface area contributed by atoms with Gasteiger partial charge in [0, 0.05) is 12.4 Å². The first-order chi connectivity index (χ1) is 14.0. The molecule has 2 rings (SSSR count). The van der Waals surface area contributed by atoms with Gasteiger partial charge in [0.2, 0.25) is 0 Å². The molecule has 5 heteroatoms. The number of benzene rings is 1. The average Bonchev–Trinajstić information content (AvgIpc) is 3.17. The van der Waals surface area contributed by atoms with E-state index in [1.807, 2.05) is 38.1 Å². The van der Waals surface area contributed by atoms with Crippen molar-refractivity contribution in [3.8, 4) is 17.6 Å². The van der Waals surface area contributed by atoms with Gasteiger partial charge in [0.15, 0.2) is 0 Å². The summed E-state index contributed by atoms with van der Waals surface area (Å²) in [7, 11) is 0. The number of aliphatic hydroxyl groups excluding tert-OH is 1. The third kappa shape index (κ3) is 9.71. The van der Waals surface area contributed by atoms with Crippen LogP contribution in [0, 0.1) is 17.8 Å². The van der Waals surface area contributed by atoms with Gasteiger partial charge >= 0.3 is 29.6 Å². The molecule has 30 heavy (non-hydrogen) atoms. The fourth-order valence-corrected chi connectivity index (χ4v) is 3.85. The topological polar surface area (TPSA) is 80.6 Å². The minimum Gasteiger partial charge on any atom is -0.550 e. The molecule has 4 nitrogen and oxygen atoms in total. The van der Waals surface area contributed by atoms with Gasteiger partial charge < -0.3 is 20.1 Å². The average molecular weight is 423 g/mol. The van der Waals surface area contributed by atoms with E-state index >= 15 is 0 Å². The number of aliphatic carboxylic acids is 1. The summed E-state index contributed by atoms with van der Waals surface area (Å²) in [6.07, 6.45) is 8.89. The third-order valence-corrected chi connectivity index (χ3v) is 5.27. The summed E-state index contributed by atoms with van der Waals surface area (Å²) >= 11 is 0. The van der Waals surface area contributed by atoms with E-state index in [9.17, 15) is 20.1 Å². The van der Waals surface area contributed by atoms with Crippen molar-refractivity contribution in [3.63, 3.8) is 0 Å². The summed E-state index contributed by atoms with van der Waals surface area (Å²) in [6.45, 7) is 5.80. The summed E-state index contributed by atoms with van der Waals surface area (Å²) in [6, 6.07) is 5.74. The molecule has 0 heterocycles. The number of hydrogen-bond acceptors (Lipinski definition) is 4. The van der Waals surface area contributed by atoms with Gasteiger partial charge in [0.25, 0.3) is 0 Å². The van der Waals surface area contributed by atoms with E-state index in [2.05, 4.69) is 17.9 Å². The third-order valence-electron chi connectivity index (χ3n) is 5.27. The predicted molar refractivity (Wildman–Crippen MR) is 115 cm³/mol. The number of aryl methyl sites for hydroxylation is 1. The Bertz CT molecular complexity index is 718. The molecule has 1 aliphatic rings. The minimum atomic E-state index is -1.06. The van der Waals surface area contributed by atoms with Crippen LogP contribution < -0.4 is 34.7 Å². The Morgan fingerprint density at radius 3 is 2.73 bits per heavy atom. The van der Waals surface area contributed by atoms with Gasteiger partial charge in [0.1, 0.15) is 5.75 Å². The first-order valence-electron chi connectivity index (χ1n) is 10.8. The molecule has 160 valence electrons. The van der Waals surface area contributed by atoms with Gasteiger partial charge in [-0.1, -0.05) is 50.6 Å². The van der Waals surface area contributed by atoms with E-state index < -0.39 is 12.1 Å². The number of aliphatic hydroxyl groups is 1. The first kappa shape index (κ1) is 28.8. The Balaban J connectivity index is 0.00000272. The van der Waals surface area contributed by atoms with Crippen LogP contribution in [0.1, 0.15) is 82.8 Å². The number of carboxylic acids is 1. The fraction of sp³-hybridized carbons (Fsp3) is 0.560. The second-order valence-electron chi connectivity index (χ2n) is 7.20. The molecule has 0 spiro atoms. The fourth-order valence-electron chi connectivity index (χ4n) is 3.85. The normalized spacial score (nSPS) is 18.5. The molecule has 0 bridgehead atoms. The number of carbonyl (C=O) groups is 1. The van der Waals surface area contributed by atoms with Crippen molar-refractivity contribution in [1.29, 1.82) is 0 Å². The zero-order valence-corrected chi connectivity index (χ0v) is 21.0. The van der Waals surface area contributed by atoms with Gasteiger partial charge in [-0.3, -0.25) is 0 Å². The standard InChI is InChI=1S/C23H30O4.C2H6.Na/c1-2-3-4-11-19(24)16-15-17-8-5-12-20(17)21-13-6-9-18(23(21)27)10-7-14-22(25)26;1-2;/h6,9,13,15-17,19-20,24,27H,4-5,7-8,10-12,14H2,1H3,(H,25,26);1-2H3;/q;;+1/p-1/b16-15+;;/t17-,19?,20+;;/m1../s1. The maximum atomic E-state index is 10.7. The van der Waals surface area contributed by atoms with E-state index in [1.54, 1.807) is 6.92 Å². The molecular formula is C25H35NaO4. The van der Waals surface area contributed by atoms with Crippen molar-refractivity contribution >= 4 is 5.97 Å². The predicted octanol–water partition coefficient (Wildman–Crippen LogP) is 1.10.